The van der Waals surface area contributed by atoms with Gasteiger partial charge in [0.05, 0.1) is 19.3 Å². The van der Waals surface area contributed by atoms with Crippen LogP contribution >= 0.6 is 15.6 Å². The molecule has 0 spiro atoms. The Morgan fingerprint density at radius 1 is 1.00 bits per heavy atom. The zero-order valence-electron chi connectivity index (χ0n) is 19.9. The molecule has 0 bridgehead atoms. The number of H-pyrrole nitrogens is 1. The van der Waals surface area contributed by atoms with Gasteiger partial charge < -0.3 is 55.1 Å². The average molecular weight is 609 g/mol. The van der Waals surface area contributed by atoms with E-state index in [-0.39, 0.29) is 59.1 Å². The summed E-state index contributed by atoms with van der Waals surface area (Å²) >= 11 is 0. The van der Waals surface area contributed by atoms with Gasteiger partial charge in [-0.05, 0) is 0 Å². The number of ether oxygens (including phenoxy) is 2. The summed E-state index contributed by atoms with van der Waals surface area (Å²) in [6, 6.07) is -0.777. The van der Waals surface area contributed by atoms with Gasteiger partial charge in [-0.25, -0.2) is 9.11 Å². The summed E-state index contributed by atoms with van der Waals surface area (Å²) in [5.41, 5.74) is 3.74. The Labute approximate surface area is 257 Å². The third-order valence-corrected chi connectivity index (χ3v) is 7.75. The molecule has 0 amide bonds. The fourth-order valence-electron chi connectivity index (χ4n) is 3.38. The summed E-state index contributed by atoms with van der Waals surface area (Å²) in [4.78, 5) is 49.0. The second kappa shape index (κ2) is 14.7. The van der Waals surface area contributed by atoms with Crippen LogP contribution in [0.2, 0.25) is 0 Å². The molecule has 3 heterocycles. The van der Waals surface area contributed by atoms with Gasteiger partial charge in [0.1, 0.15) is 36.6 Å². The maximum absolute atomic E-state index is 12.1. The number of aromatic nitrogens is 2. The fraction of sp³-hybridized carbons (Fsp3) is 0.733. The summed E-state index contributed by atoms with van der Waals surface area (Å²) in [5, 5.41) is 48.9. The van der Waals surface area contributed by atoms with E-state index in [2.05, 4.69) is 13.4 Å². The molecule has 0 radical (unpaired) electrons. The molecule has 23 heteroatoms. The van der Waals surface area contributed by atoms with Crippen LogP contribution < -0.4 is 85.9 Å². The van der Waals surface area contributed by atoms with Crippen molar-refractivity contribution >= 4 is 15.6 Å². The number of hydrogen-bond donors (Lipinski definition) is 7. The standard InChI is InChI=1S/C15H25N3O16P2.2Na/c16-8-11(23)9(21)5(3-19)32-14(8)33-36(28,29)34-35(26,27)30-4-6-10(22)12(24)13(31-6)18-2-1-7(20)17-15(18)25;;/h1-2,5-6,8-14,19,21-24H,3-4,16H2,(H,26,27)(H,28,29)(H,17,20,25);;/q;2*+1/p-2/t5-,6-,8-,9-,10-,11-,12-,13-,14-;;/m1../s1. The van der Waals surface area contributed by atoms with Crippen molar-refractivity contribution in [2.45, 2.75) is 55.2 Å². The molecule has 2 fully saturated rings. The van der Waals surface area contributed by atoms with Crippen LogP contribution in [0.15, 0.2) is 21.9 Å². The Balaban J connectivity index is 0.00000361. The van der Waals surface area contributed by atoms with E-state index in [1.165, 1.54) is 0 Å². The first-order valence-electron chi connectivity index (χ1n) is 10.0. The van der Waals surface area contributed by atoms with Crippen molar-refractivity contribution in [2.75, 3.05) is 13.2 Å². The van der Waals surface area contributed by atoms with E-state index in [0.717, 1.165) is 12.3 Å². The molecular weight excluding hydrogens is 586 g/mol. The molecule has 2 unspecified atom stereocenters. The molecule has 0 aromatic carbocycles. The Morgan fingerprint density at radius 3 is 2.18 bits per heavy atom. The predicted octanol–water partition coefficient (Wildman–Crippen LogP) is -12.1. The second-order valence-corrected chi connectivity index (χ2v) is 10.6. The van der Waals surface area contributed by atoms with Gasteiger partial charge in [-0.3, -0.25) is 28.0 Å². The van der Waals surface area contributed by atoms with Crippen molar-refractivity contribution in [3.05, 3.63) is 33.1 Å². The van der Waals surface area contributed by atoms with E-state index in [9.17, 15) is 48.9 Å². The first-order valence-corrected chi connectivity index (χ1v) is 13.0. The summed E-state index contributed by atoms with van der Waals surface area (Å²) in [6.07, 6.45) is -12.9. The van der Waals surface area contributed by atoms with Gasteiger partial charge in [0, 0.05) is 12.3 Å². The van der Waals surface area contributed by atoms with Crippen molar-refractivity contribution in [3.8, 4) is 0 Å². The van der Waals surface area contributed by atoms with Gasteiger partial charge >= 0.3 is 64.8 Å². The molecule has 19 nitrogen and oxygen atoms in total. The van der Waals surface area contributed by atoms with Crippen molar-refractivity contribution < 1.29 is 126 Å². The number of aliphatic hydroxyl groups excluding tert-OH is 5. The van der Waals surface area contributed by atoms with E-state index in [4.69, 9.17) is 20.3 Å². The van der Waals surface area contributed by atoms with Crippen LogP contribution in [0, 0.1) is 0 Å². The second-order valence-electron chi connectivity index (χ2n) is 7.72. The van der Waals surface area contributed by atoms with Gasteiger partial charge in [-0.15, -0.1) is 0 Å². The maximum atomic E-state index is 12.1. The van der Waals surface area contributed by atoms with E-state index in [0.29, 0.717) is 4.57 Å². The minimum Gasteiger partial charge on any atom is -0.756 e. The average Bonchev–Trinajstić information content (AvgIpc) is 3.06. The molecule has 1 aromatic rings. The number of phosphoric ester groups is 2. The van der Waals surface area contributed by atoms with Gasteiger partial charge in [0.15, 0.2) is 12.5 Å². The number of nitrogens with one attached hydrogen (secondary N) is 1. The predicted molar refractivity (Wildman–Crippen MR) is 106 cm³/mol. The van der Waals surface area contributed by atoms with Gasteiger partial charge in [0.2, 0.25) is 0 Å². The number of phosphoric acid groups is 2. The monoisotopic (exact) mass is 609 g/mol. The van der Waals surface area contributed by atoms with Crippen molar-refractivity contribution in [1.29, 1.82) is 0 Å². The van der Waals surface area contributed by atoms with Crippen molar-refractivity contribution in [3.63, 3.8) is 0 Å². The first kappa shape index (κ1) is 36.6. The van der Waals surface area contributed by atoms with Gasteiger partial charge in [0.25, 0.3) is 21.2 Å². The van der Waals surface area contributed by atoms with Crippen molar-refractivity contribution in [2.24, 2.45) is 5.73 Å². The number of nitrogens with two attached hydrogens (primary N) is 1. The van der Waals surface area contributed by atoms with Crippen LogP contribution in [0.4, 0.5) is 0 Å². The number of rotatable bonds is 9. The molecule has 0 saturated carbocycles. The smallest absolute Gasteiger partial charge is 0.756 e. The topological polar surface area (TPSA) is 308 Å². The van der Waals surface area contributed by atoms with Gasteiger partial charge in [-0.2, -0.15) is 0 Å². The number of nitrogens with zero attached hydrogens (tertiary/aromatic N) is 1. The molecule has 8 N–H and O–H groups in total. The van der Waals surface area contributed by atoms with Crippen LogP contribution in [0.25, 0.3) is 0 Å². The zero-order chi connectivity index (χ0) is 27.0. The van der Waals surface area contributed by atoms with E-state index in [1.807, 2.05) is 4.98 Å². The van der Waals surface area contributed by atoms with E-state index in [1.54, 1.807) is 0 Å². The fourth-order valence-corrected chi connectivity index (χ4v) is 5.48. The molecule has 0 aliphatic carbocycles. The molecule has 38 heavy (non-hydrogen) atoms. The third-order valence-electron chi connectivity index (χ3n) is 5.22. The molecule has 1 aromatic heterocycles. The minimum absolute atomic E-state index is 0. The number of aliphatic hydroxyl groups is 5. The Bertz CT molecular complexity index is 1140. The van der Waals surface area contributed by atoms with Crippen LogP contribution in [-0.2, 0) is 32.0 Å². The van der Waals surface area contributed by atoms with E-state index < -0.39 is 95.3 Å². The van der Waals surface area contributed by atoms with Crippen molar-refractivity contribution in [1.82, 2.24) is 9.55 Å². The van der Waals surface area contributed by atoms with Crippen LogP contribution in [0.3, 0.4) is 0 Å². The van der Waals surface area contributed by atoms with Crippen LogP contribution in [-0.4, -0.2) is 97.3 Å². The molecule has 3 rings (SSSR count). The summed E-state index contributed by atoms with van der Waals surface area (Å²) in [6.45, 7) is -1.97. The van der Waals surface area contributed by atoms with Gasteiger partial charge in [-0.1, -0.05) is 0 Å². The molecule has 11 atom stereocenters. The molecule has 206 valence electrons. The molecule has 2 aliphatic rings. The first-order chi connectivity index (χ1) is 16.7. The van der Waals surface area contributed by atoms with E-state index >= 15 is 0 Å². The summed E-state index contributed by atoms with van der Waals surface area (Å²) in [5.74, 6) is 0. The minimum atomic E-state index is -5.82. The number of hydrogen-bond acceptors (Lipinski definition) is 17. The number of aromatic amines is 1. The summed E-state index contributed by atoms with van der Waals surface area (Å²) < 4.78 is 47.6. The molecular formula is C15H23N3Na2O16P2. The Morgan fingerprint density at radius 2 is 1.61 bits per heavy atom. The largest absolute Gasteiger partial charge is 1.00 e. The molecule has 2 aliphatic heterocycles. The molecule has 2 saturated heterocycles. The Kier molecular flexibility index (Phi) is 14.2. The Hall–Kier alpha value is 0.620. The maximum Gasteiger partial charge on any atom is 1.00 e. The quantitative estimate of drug-likeness (QED) is 0.101. The normalized spacial score (nSPS) is 36.4. The third kappa shape index (κ3) is 8.81. The SMILES string of the molecule is N[C@H]1[C@@H](OP(=O)([O-])OP(=O)([O-])OC[C@H]2O[C@@H](n3ccc(=O)[nH]c3=O)[C@H](O)[C@@H]2O)O[C@H](CO)[C@@H](O)[C@@H]1O.[Na+].[Na+]. The zero-order valence-corrected chi connectivity index (χ0v) is 25.7. The van der Waals surface area contributed by atoms with Crippen LogP contribution in [0.1, 0.15) is 6.23 Å². The summed E-state index contributed by atoms with van der Waals surface area (Å²) in [7, 11) is -11.6. The van der Waals surface area contributed by atoms with Crippen LogP contribution in [0.5, 0.6) is 0 Å².